The highest BCUT2D eigenvalue weighted by Gasteiger charge is 2.19. The summed E-state index contributed by atoms with van der Waals surface area (Å²) in [4.78, 5) is 23.5. The molecule has 116 valence electrons. The van der Waals surface area contributed by atoms with Crippen LogP contribution in [-0.2, 0) is 12.8 Å². The zero-order valence-electron chi connectivity index (χ0n) is 12.2. The summed E-state index contributed by atoms with van der Waals surface area (Å²) in [5.74, 6) is -1.000. The zero-order valence-corrected chi connectivity index (χ0v) is 12.2. The number of fused-ring (bicyclic) bond motifs is 3. The SMILES string of the molecule is O=C(O)c1ccc(-n2[nH]c3c4c(nnc3c2=O)CCCC4)cc1. The third kappa shape index (κ3) is 2.12. The third-order valence-corrected chi connectivity index (χ3v) is 4.25. The van der Waals surface area contributed by atoms with Gasteiger partial charge < -0.3 is 5.11 Å². The molecular formula is C16H14N4O3. The van der Waals surface area contributed by atoms with E-state index in [2.05, 4.69) is 15.3 Å². The Morgan fingerprint density at radius 2 is 1.87 bits per heavy atom. The third-order valence-electron chi connectivity index (χ3n) is 4.25. The molecular weight excluding hydrogens is 296 g/mol. The van der Waals surface area contributed by atoms with E-state index in [9.17, 15) is 9.59 Å². The van der Waals surface area contributed by atoms with Crippen molar-refractivity contribution in [1.82, 2.24) is 20.0 Å². The van der Waals surface area contributed by atoms with Crippen LogP contribution in [0.2, 0.25) is 0 Å². The van der Waals surface area contributed by atoms with Gasteiger partial charge in [0.05, 0.1) is 22.5 Å². The van der Waals surface area contributed by atoms with Gasteiger partial charge in [-0.3, -0.25) is 9.89 Å². The summed E-state index contributed by atoms with van der Waals surface area (Å²) in [7, 11) is 0. The predicted molar refractivity (Wildman–Crippen MR) is 83.1 cm³/mol. The Kier molecular flexibility index (Phi) is 3.00. The van der Waals surface area contributed by atoms with Crippen LogP contribution < -0.4 is 5.56 Å². The quantitative estimate of drug-likeness (QED) is 0.750. The molecule has 2 aromatic heterocycles. The second kappa shape index (κ2) is 5.05. The first-order chi connectivity index (χ1) is 11.1. The van der Waals surface area contributed by atoms with E-state index in [1.165, 1.54) is 16.8 Å². The number of carboxylic acids is 1. The van der Waals surface area contributed by atoms with Gasteiger partial charge in [0, 0.05) is 5.56 Å². The van der Waals surface area contributed by atoms with Crippen LogP contribution in [0.5, 0.6) is 0 Å². The lowest BCUT2D eigenvalue weighted by atomic mass is 9.96. The van der Waals surface area contributed by atoms with E-state index < -0.39 is 5.97 Å². The molecule has 0 atom stereocenters. The monoisotopic (exact) mass is 310 g/mol. The number of benzene rings is 1. The Balaban J connectivity index is 1.89. The molecule has 0 spiro atoms. The predicted octanol–water partition coefficient (Wildman–Crippen LogP) is 1.69. The Morgan fingerprint density at radius 1 is 1.13 bits per heavy atom. The molecule has 0 aliphatic heterocycles. The van der Waals surface area contributed by atoms with Gasteiger partial charge in [-0.2, -0.15) is 5.10 Å². The molecule has 0 saturated heterocycles. The van der Waals surface area contributed by atoms with E-state index in [-0.39, 0.29) is 11.1 Å². The van der Waals surface area contributed by atoms with Crippen LogP contribution in [0.4, 0.5) is 0 Å². The number of H-pyrrole nitrogens is 1. The average molecular weight is 310 g/mol. The second-order valence-electron chi connectivity index (χ2n) is 5.66. The van der Waals surface area contributed by atoms with E-state index in [1.54, 1.807) is 12.1 Å². The fraction of sp³-hybridized carbons (Fsp3) is 0.250. The summed E-state index contributed by atoms with van der Waals surface area (Å²) in [6, 6.07) is 6.13. The minimum Gasteiger partial charge on any atom is -0.478 e. The molecule has 0 amide bonds. The topological polar surface area (TPSA) is 101 Å². The van der Waals surface area contributed by atoms with Crippen molar-refractivity contribution in [2.24, 2.45) is 0 Å². The lowest BCUT2D eigenvalue weighted by molar-refractivity contribution is 0.0697. The van der Waals surface area contributed by atoms with Gasteiger partial charge in [0.1, 0.15) is 0 Å². The minimum absolute atomic E-state index is 0.176. The van der Waals surface area contributed by atoms with E-state index in [4.69, 9.17) is 5.11 Å². The Bertz CT molecular complexity index is 969. The molecule has 3 aromatic rings. The Morgan fingerprint density at radius 3 is 2.61 bits per heavy atom. The van der Waals surface area contributed by atoms with Crippen molar-refractivity contribution in [3.8, 4) is 5.69 Å². The maximum Gasteiger partial charge on any atom is 0.335 e. The van der Waals surface area contributed by atoms with Crippen LogP contribution >= 0.6 is 0 Å². The van der Waals surface area contributed by atoms with E-state index in [0.717, 1.165) is 42.5 Å². The molecule has 1 aliphatic rings. The van der Waals surface area contributed by atoms with Gasteiger partial charge in [-0.25, -0.2) is 9.48 Å². The van der Waals surface area contributed by atoms with Crippen molar-refractivity contribution in [2.75, 3.05) is 0 Å². The first kappa shape index (κ1) is 13.7. The van der Waals surface area contributed by atoms with Gasteiger partial charge in [0.15, 0.2) is 5.52 Å². The molecule has 0 radical (unpaired) electrons. The normalized spacial score (nSPS) is 13.9. The number of carbonyl (C=O) groups is 1. The summed E-state index contributed by atoms with van der Waals surface area (Å²) in [5.41, 5.74) is 3.56. The maximum atomic E-state index is 12.5. The molecule has 4 rings (SSSR count). The molecule has 2 heterocycles. The van der Waals surface area contributed by atoms with Crippen LogP contribution in [0.15, 0.2) is 29.1 Å². The number of aromatic amines is 1. The largest absolute Gasteiger partial charge is 0.478 e. The molecule has 0 bridgehead atoms. The van der Waals surface area contributed by atoms with Crippen LogP contribution in [0, 0.1) is 0 Å². The summed E-state index contributed by atoms with van der Waals surface area (Å²) in [6.45, 7) is 0. The van der Waals surface area contributed by atoms with Crippen molar-refractivity contribution in [1.29, 1.82) is 0 Å². The van der Waals surface area contributed by atoms with Crippen molar-refractivity contribution >= 4 is 17.0 Å². The summed E-state index contributed by atoms with van der Waals surface area (Å²) in [5, 5.41) is 20.3. The molecule has 0 saturated carbocycles. The van der Waals surface area contributed by atoms with Crippen molar-refractivity contribution in [2.45, 2.75) is 25.7 Å². The van der Waals surface area contributed by atoms with Gasteiger partial charge >= 0.3 is 5.97 Å². The molecule has 1 aliphatic carbocycles. The summed E-state index contributed by atoms with van der Waals surface area (Å²) in [6.07, 6.45) is 3.95. The highest BCUT2D eigenvalue weighted by molar-refractivity contribution is 5.87. The van der Waals surface area contributed by atoms with Crippen LogP contribution in [0.25, 0.3) is 16.7 Å². The first-order valence-electron chi connectivity index (χ1n) is 7.48. The van der Waals surface area contributed by atoms with Crippen LogP contribution in [0.1, 0.15) is 34.5 Å². The smallest absolute Gasteiger partial charge is 0.335 e. The minimum atomic E-state index is -1.000. The Hall–Kier alpha value is -2.96. The van der Waals surface area contributed by atoms with Gasteiger partial charge in [-0.05, 0) is 49.9 Å². The maximum absolute atomic E-state index is 12.5. The standard InChI is InChI=1S/C16H14N4O3/c21-15-14-13(11-3-1-2-4-12(11)17-18-14)19-20(15)10-7-5-9(6-8-10)16(22)23/h5-8,19H,1-4H2,(H,22,23). The second-order valence-corrected chi connectivity index (χ2v) is 5.66. The molecule has 0 unspecified atom stereocenters. The number of nitrogens with zero attached hydrogens (tertiary/aromatic N) is 3. The molecule has 23 heavy (non-hydrogen) atoms. The van der Waals surface area contributed by atoms with Gasteiger partial charge in [0.2, 0.25) is 0 Å². The summed E-state index contributed by atoms with van der Waals surface area (Å²) < 4.78 is 1.39. The summed E-state index contributed by atoms with van der Waals surface area (Å²) >= 11 is 0. The van der Waals surface area contributed by atoms with Crippen molar-refractivity contribution in [3.05, 3.63) is 51.4 Å². The lowest BCUT2D eigenvalue weighted by Gasteiger charge is -2.13. The number of aromatic nitrogens is 4. The van der Waals surface area contributed by atoms with Crippen LogP contribution in [-0.4, -0.2) is 31.1 Å². The fourth-order valence-corrected chi connectivity index (χ4v) is 3.05. The number of aryl methyl sites for hydroxylation is 2. The van der Waals surface area contributed by atoms with Crippen molar-refractivity contribution < 1.29 is 9.90 Å². The average Bonchev–Trinajstić information content (AvgIpc) is 2.92. The first-order valence-corrected chi connectivity index (χ1v) is 7.48. The van der Waals surface area contributed by atoms with Gasteiger partial charge in [-0.15, -0.1) is 5.10 Å². The highest BCUT2D eigenvalue weighted by atomic mass is 16.4. The van der Waals surface area contributed by atoms with Gasteiger partial charge in [0.25, 0.3) is 5.56 Å². The zero-order chi connectivity index (χ0) is 16.0. The highest BCUT2D eigenvalue weighted by Crippen LogP contribution is 2.24. The fourth-order valence-electron chi connectivity index (χ4n) is 3.05. The molecule has 7 heteroatoms. The molecule has 7 nitrogen and oxygen atoms in total. The molecule has 2 N–H and O–H groups in total. The van der Waals surface area contributed by atoms with E-state index >= 15 is 0 Å². The number of hydrogen-bond acceptors (Lipinski definition) is 4. The molecule has 1 aromatic carbocycles. The number of carboxylic acid groups (broad SMARTS) is 1. The Labute approximate surface area is 130 Å². The lowest BCUT2D eigenvalue weighted by Crippen LogP contribution is -2.15. The van der Waals surface area contributed by atoms with Crippen molar-refractivity contribution in [3.63, 3.8) is 0 Å². The van der Waals surface area contributed by atoms with E-state index in [1.807, 2.05) is 0 Å². The van der Waals surface area contributed by atoms with E-state index in [0.29, 0.717) is 11.2 Å². The molecule has 0 fully saturated rings. The number of nitrogens with one attached hydrogen (secondary N) is 1. The van der Waals surface area contributed by atoms with Gasteiger partial charge in [-0.1, -0.05) is 0 Å². The number of rotatable bonds is 2. The van der Waals surface area contributed by atoms with Crippen LogP contribution in [0.3, 0.4) is 0 Å². The number of aromatic carboxylic acids is 1. The number of hydrogen-bond donors (Lipinski definition) is 2.